The van der Waals surface area contributed by atoms with Gasteiger partial charge in [0.05, 0.1) is 35.7 Å². The maximum Gasteiger partial charge on any atom is 0.261 e. The van der Waals surface area contributed by atoms with Gasteiger partial charge in [0, 0.05) is 6.54 Å². The van der Waals surface area contributed by atoms with Crippen LogP contribution in [-0.4, -0.2) is 43.4 Å². The number of aliphatic hydroxyl groups excluding tert-OH is 1. The monoisotopic (exact) mass is 286 g/mol. The molecule has 0 spiro atoms. The highest BCUT2D eigenvalue weighted by molar-refractivity contribution is 6.21. The first-order chi connectivity index (χ1) is 10.1. The van der Waals surface area contributed by atoms with Gasteiger partial charge in [-0.25, -0.2) is 4.68 Å². The van der Waals surface area contributed by atoms with Crippen LogP contribution in [-0.2, 0) is 6.54 Å². The number of carbonyl (C=O) groups excluding carboxylic acids is 2. The number of carbonyl (C=O) groups is 2. The fourth-order valence-electron chi connectivity index (χ4n) is 2.40. The molecule has 2 heterocycles. The summed E-state index contributed by atoms with van der Waals surface area (Å²) in [4.78, 5) is 25.6. The molecule has 0 unspecified atom stereocenters. The Labute approximate surface area is 120 Å². The molecule has 0 radical (unpaired) electrons. The van der Waals surface area contributed by atoms with Gasteiger partial charge in [0.2, 0.25) is 0 Å². The molecule has 1 N–H and O–H groups in total. The van der Waals surface area contributed by atoms with Crippen molar-refractivity contribution in [3.05, 3.63) is 47.3 Å². The smallest absolute Gasteiger partial charge is 0.261 e. The van der Waals surface area contributed by atoms with E-state index in [-0.39, 0.29) is 18.4 Å². The lowest BCUT2D eigenvalue weighted by Crippen LogP contribution is -2.33. The molecule has 3 rings (SSSR count). The second-order valence-corrected chi connectivity index (χ2v) is 4.87. The van der Waals surface area contributed by atoms with Crippen LogP contribution < -0.4 is 0 Å². The van der Waals surface area contributed by atoms with E-state index < -0.39 is 6.10 Å². The summed E-state index contributed by atoms with van der Waals surface area (Å²) in [6.45, 7) is 2.10. The topological polar surface area (TPSA) is 88.3 Å². The zero-order valence-electron chi connectivity index (χ0n) is 11.4. The number of imide groups is 1. The second-order valence-electron chi connectivity index (χ2n) is 4.87. The Morgan fingerprint density at radius 1 is 1.14 bits per heavy atom. The van der Waals surface area contributed by atoms with E-state index in [1.807, 2.05) is 0 Å². The van der Waals surface area contributed by atoms with Crippen LogP contribution in [0.2, 0.25) is 0 Å². The van der Waals surface area contributed by atoms with Crippen molar-refractivity contribution in [1.29, 1.82) is 0 Å². The first-order valence-electron chi connectivity index (χ1n) is 6.61. The van der Waals surface area contributed by atoms with Crippen molar-refractivity contribution in [3.8, 4) is 0 Å². The summed E-state index contributed by atoms with van der Waals surface area (Å²) in [7, 11) is 0. The minimum absolute atomic E-state index is 0.190. The van der Waals surface area contributed by atoms with Crippen molar-refractivity contribution in [3.63, 3.8) is 0 Å². The van der Waals surface area contributed by atoms with Gasteiger partial charge in [-0.2, -0.15) is 0 Å². The molecular formula is C14H14N4O3. The number of amides is 2. The van der Waals surface area contributed by atoms with E-state index in [9.17, 15) is 14.7 Å². The Balaban J connectivity index is 1.77. The van der Waals surface area contributed by atoms with Gasteiger partial charge in [0.1, 0.15) is 0 Å². The van der Waals surface area contributed by atoms with Crippen LogP contribution in [0.5, 0.6) is 0 Å². The van der Waals surface area contributed by atoms with Crippen LogP contribution in [0.25, 0.3) is 0 Å². The molecule has 1 aliphatic heterocycles. The average molecular weight is 286 g/mol. The quantitative estimate of drug-likeness (QED) is 0.833. The van der Waals surface area contributed by atoms with Gasteiger partial charge in [-0.05, 0) is 19.1 Å². The molecule has 7 nitrogen and oxygen atoms in total. The molecule has 1 aromatic heterocycles. The van der Waals surface area contributed by atoms with Crippen LogP contribution in [0, 0.1) is 0 Å². The predicted molar refractivity (Wildman–Crippen MR) is 72.5 cm³/mol. The number of rotatable bonds is 4. The molecule has 21 heavy (non-hydrogen) atoms. The van der Waals surface area contributed by atoms with Gasteiger partial charge in [0.25, 0.3) is 11.8 Å². The average Bonchev–Trinajstić information content (AvgIpc) is 3.03. The SMILES string of the molecule is C[C@H](O)c1cnnn1CCN1C(=O)c2ccccc2C1=O. The van der Waals surface area contributed by atoms with Gasteiger partial charge >= 0.3 is 0 Å². The van der Waals surface area contributed by atoms with Gasteiger partial charge in [-0.3, -0.25) is 14.5 Å². The number of fused-ring (bicyclic) bond motifs is 1. The van der Waals surface area contributed by atoms with E-state index in [0.29, 0.717) is 23.4 Å². The Hall–Kier alpha value is -2.54. The molecule has 1 atom stereocenters. The molecule has 0 bridgehead atoms. The highest BCUT2D eigenvalue weighted by Gasteiger charge is 2.34. The zero-order chi connectivity index (χ0) is 15.0. The molecule has 2 amide bonds. The van der Waals surface area contributed by atoms with E-state index in [4.69, 9.17) is 0 Å². The van der Waals surface area contributed by atoms with E-state index in [1.165, 1.54) is 15.8 Å². The van der Waals surface area contributed by atoms with Crippen LogP contribution >= 0.6 is 0 Å². The van der Waals surface area contributed by atoms with E-state index in [0.717, 1.165) is 0 Å². The summed E-state index contributed by atoms with van der Waals surface area (Å²) in [5, 5.41) is 17.2. The number of nitrogens with zero attached hydrogens (tertiary/aromatic N) is 4. The van der Waals surface area contributed by atoms with Crippen molar-refractivity contribution in [2.45, 2.75) is 19.6 Å². The fraction of sp³-hybridized carbons (Fsp3) is 0.286. The van der Waals surface area contributed by atoms with Crippen LogP contribution in [0.1, 0.15) is 39.4 Å². The Morgan fingerprint density at radius 3 is 2.33 bits per heavy atom. The van der Waals surface area contributed by atoms with Gasteiger partial charge in [-0.15, -0.1) is 5.10 Å². The normalized spacial score (nSPS) is 15.4. The molecule has 108 valence electrons. The lowest BCUT2D eigenvalue weighted by Gasteiger charge is -2.15. The molecule has 0 saturated carbocycles. The third-order valence-corrected chi connectivity index (χ3v) is 3.49. The number of hydrogen-bond acceptors (Lipinski definition) is 5. The summed E-state index contributed by atoms with van der Waals surface area (Å²) in [5.74, 6) is -0.594. The molecule has 1 aliphatic rings. The Morgan fingerprint density at radius 2 is 1.76 bits per heavy atom. The van der Waals surface area contributed by atoms with E-state index in [2.05, 4.69) is 10.3 Å². The molecule has 2 aromatic rings. The van der Waals surface area contributed by atoms with Crippen molar-refractivity contribution >= 4 is 11.8 Å². The minimum atomic E-state index is -0.706. The first-order valence-corrected chi connectivity index (χ1v) is 6.61. The molecule has 0 aliphatic carbocycles. The van der Waals surface area contributed by atoms with Gasteiger partial charge < -0.3 is 5.11 Å². The molecule has 0 fully saturated rings. The third kappa shape index (κ3) is 2.21. The maximum absolute atomic E-state index is 12.2. The summed E-state index contributed by atoms with van der Waals surface area (Å²) in [6.07, 6.45) is 0.759. The molecule has 0 saturated heterocycles. The second kappa shape index (κ2) is 5.10. The maximum atomic E-state index is 12.2. The molecule has 7 heteroatoms. The molecule has 1 aromatic carbocycles. The highest BCUT2D eigenvalue weighted by atomic mass is 16.3. The van der Waals surface area contributed by atoms with Gasteiger partial charge in [0.15, 0.2) is 0 Å². The summed E-state index contributed by atoms with van der Waals surface area (Å²) < 4.78 is 1.49. The summed E-state index contributed by atoms with van der Waals surface area (Å²) >= 11 is 0. The standard InChI is InChI=1S/C14H14N4O3/c1-9(19)12-8-15-16-18(12)7-6-17-13(20)10-4-2-3-5-11(10)14(17)21/h2-5,8-9,19H,6-7H2,1H3/t9-/m0/s1. The Kier molecular flexibility index (Phi) is 3.26. The largest absolute Gasteiger partial charge is 0.387 e. The first kappa shape index (κ1) is 13.4. The number of aromatic nitrogens is 3. The highest BCUT2D eigenvalue weighted by Crippen LogP contribution is 2.22. The van der Waals surface area contributed by atoms with Crippen LogP contribution in [0.4, 0.5) is 0 Å². The summed E-state index contributed by atoms with van der Waals surface area (Å²) in [5.41, 5.74) is 1.40. The third-order valence-electron chi connectivity index (χ3n) is 3.49. The minimum Gasteiger partial charge on any atom is -0.387 e. The van der Waals surface area contributed by atoms with Crippen molar-refractivity contribution in [1.82, 2.24) is 19.9 Å². The predicted octanol–water partition coefficient (Wildman–Crippen LogP) is 0.628. The van der Waals surface area contributed by atoms with Crippen LogP contribution in [0.3, 0.4) is 0 Å². The fourth-order valence-corrected chi connectivity index (χ4v) is 2.40. The van der Waals surface area contributed by atoms with Crippen LogP contribution in [0.15, 0.2) is 30.5 Å². The van der Waals surface area contributed by atoms with E-state index in [1.54, 1.807) is 31.2 Å². The lowest BCUT2D eigenvalue weighted by molar-refractivity contribution is 0.0646. The van der Waals surface area contributed by atoms with Gasteiger partial charge in [-0.1, -0.05) is 17.3 Å². The van der Waals surface area contributed by atoms with Crippen molar-refractivity contribution in [2.24, 2.45) is 0 Å². The number of aliphatic hydroxyl groups is 1. The van der Waals surface area contributed by atoms with Crippen molar-refractivity contribution < 1.29 is 14.7 Å². The zero-order valence-corrected chi connectivity index (χ0v) is 11.4. The molecular weight excluding hydrogens is 272 g/mol. The lowest BCUT2D eigenvalue weighted by atomic mass is 10.1. The number of hydrogen-bond donors (Lipinski definition) is 1. The number of benzene rings is 1. The van der Waals surface area contributed by atoms with E-state index >= 15 is 0 Å². The summed E-state index contributed by atoms with van der Waals surface area (Å²) in [6, 6.07) is 6.76. The van der Waals surface area contributed by atoms with Crippen molar-refractivity contribution in [2.75, 3.05) is 6.54 Å². The Bertz CT molecular complexity index is 673.